The SMILES string of the molecule is CN(C)c1cnc2ccc(-c3ccc(NC=O)nc3)cc2c1N(C=O)c1ccc(C(C)(C)C#N)cc1. The van der Waals surface area contributed by atoms with Gasteiger partial charge in [-0.15, -0.1) is 0 Å². The molecule has 2 heterocycles. The van der Waals surface area contributed by atoms with Gasteiger partial charge in [0.1, 0.15) is 5.82 Å². The number of pyridine rings is 2. The van der Waals surface area contributed by atoms with Gasteiger partial charge in [0.25, 0.3) is 0 Å². The third kappa shape index (κ3) is 4.59. The van der Waals surface area contributed by atoms with Gasteiger partial charge in [-0.1, -0.05) is 18.2 Å². The molecular weight excluding hydrogens is 452 g/mol. The van der Waals surface area contributed by atoms with E-state index in [9.17, 15) is 14.9 Å². The summed E-state index contributed by atoms with van der Waals surface area (Å²) in [6, 6.07) is 19.2. The van der Waals surface area contributed by atoms with E-state index in [-0.39, 0.29) is 0 Å². The molecule has 0 fully saturated rings. The molecule has 180 valence electrons. The van der Waals surface area contributed by atoms with Crippen LogP contribution in [0.15, 0.2) is 67.0 Å². The molecule has 0 radical (unpaired) electrons. The zero-order chi connectivity index (χ0) is 25.9. The molecule has 0 aliphatic carbocycles. The molecule has 0 saturated carbocycles. The fourth-order valence-corrected chi connectivity index (χ4v) is 3.98. The van der Waals surface area contributed by atoms with Crippen molar-refractivity contribution >= 4 is 46.6 Å². The molecule has 4 rings (SSSR count). The van der Waals surface area contributed by atoms with Crippen molar-refractivity contribution in [3.05, 3.63) is 72.6 Å². The predicted octanol–water partition coefficient (Wildman–Crippen LogP) is 5.03. The number of aromatic nitrogens is 2. The lowest BCUT2D eigenvalue weighted by atomic mass is 9.86. The summed E-state index contributed by atoms with van der Waals surface area (Å²) in [6.45, 7) is 3.72. The van der Waals surface area contributed by atoms with Crippen LogP contribution in [0.5, 0.6) is 0 Å². The van der Waals surface area contributed by atoms with Crippen molar-refractivity contribution in [3.63, 3.8) is 0 Å². The van der Waals surface area contributed by atoms with E-state index >= 15 is 0 Å². The van der Waals surface area contributed by atoms with E-state index in [0.29, 0.717) is 23.6 Å². The van der Waals surface area contributed by atoms with E-state index < -0.39 is 5.41 Å². The number of carbonyl (C=O) groups is 2. The van der Waals surface area contributed by atoms with Crippen LogP contribution < -0.4 is 15.1 Å². The Morgan fingerprint density at radius 3 is 2.25 bits per heavy atom. The maximum atomic E-state index is 12.5. The largest absolute Gasteiger partial charge is 0.375 e. The summed E-state index contributed by atoms with van der Waals surface area (Å²) in [7, 11) is 3.81. The highest BCUT2D eigenvalue weighted by atomic mass is 16.1. The normalized spacial score (nSPS) is 11.0. The summed E-state index contributed by atoms with van der Waals surface area (Å²) in [4.78, 5) is 35.6. The van der Waals surface area contributed by atoms with Crippen molar-refractivity contribution in [3.8, 4) is 17.2 Å². The van der Waals surface area contributed by atoms with Crippen LogP contribution in [0.1, 0.15) is 19.4 Å². The molecule has 1 N–H and O–H groups in total. The van der Waals surface area contributed by atoms with Crippen molar-refractivity contribution in [2.45, 2.75) is 19.3 Å². The number of rotatable bonds is 8. The standard InChI is InChI=1S/C28H26N6O2/c1-28(2,16-29)21-7-9-22(10-8-21)34(18-36)27-23-13-19(20-6-12-26(31-14-20)32-17-35)5-11-24(23)30-15-25(27)33(3)4/h5-15,17-18H,1-4H3,(H,31,32,35). The molecule has 0 atom stereocenters. The van der Waals surface area contributed by atoms with E-state index in [1.54, 1.807) is 23.4 Å². The van der Waals surface area contributed by atoms with Crippen LogP contribution in [0.2, 0.25) is 0 Å². The average Bonchev–Trinajstić information content (AvgIpc) is 2.89. The van der Waals surface area contributed by atoms with Crippen molar-refractivity contribution < 1.29 is 9.59 Å². The second-order valence-corrected chi connectivity index (χ2v) is 9.07. The first-order valence-electron chi connectivity index (χ1n) is 11.3. The topological polar surface area (TPSA) is 102 Å². The summed E-state index contributed by atoms with van der Waals surface area (Å²) in [6.07, 6.45) is 4.81. The quantitative estimate of drug-likeness (QED) is 0.357. The van der Waals surface area contributed by atoms with E-state index in [2.05, 4.69) is 21.4 Å². The minimum absolute atomic E-state index is 0.460. The molecule has 0 aliphatic rings. The fraction of sp³-hybridized carbons (Fsp3) is 0.179. The monoisotopic (exact) mass is 478 g/mol. The third-order valence-electron chi connectivity index (χ3n) is 6.10. The maximum absolute atomic E-state index is 12.5. The van der Waals surface area contributed by atoms with Crippen molar-refractivity contribution in [2.75, 3.05) is 29.2 Å². The highest BCUT2D eigenvalue weighted by Gasteiger charge is 2.22. The van der Waals surface area contributed by atoms with Gasteiger partial charge in [0.15, 0.2) is 0 Å². The number of anilines is 4. The molecule has 8 nitrogen and oxygen atoms in total. The first-order chi connectivity index (χ1) is 17.3. The predicted molar refractivity (Wildman–Crippen MR) is 142 cm³/mol. The van der Waals surface area contributed by atoms with Gasteiger partial charge in [-0.05, 0) is 61.4 Å². The Bertz CT molecular complexity index is 1450. The minimum atomic E-state index is -0.636. The first-order valence-corrected chi connectivity index (χ1v) is 11.3. The molecule has 36 heavy (non-hydrogen) atoms. The van der Waals surface area contributed by atoms with Gasteiger partial charge in [0, 0.05) is 36.9 Å². The lowest BCUT2D eigenvalue weighted by Crippen LogP contribution is -2.20. The second-order valence-electron chi connectivity index (χ2n) is 9.07. The first kappa shape index (κ1) is 24.4. The van der Waals surface area contributed by atoms with Gasteiger partial charge in [0.2, 0.25) is 12.8 Å². The summed E-state index contributed by atoms with van der Waals surface area (Å²) >= 11 is 0. The van der Waals surface area contributed by atoms with Crippen molar-refractivity contribution in [2.24, 2.45) is 0 Å². The van der Waals surface area contributed by atoms with Crippen LogP contribution in [0.3, 0.4) is 0 Å². The number of nitrogens with one attached hydrogen (secondary N) is 1. The molecule has 0 aliphatic heterocycles. The Kier molecular flexibility index (Phi) is 6.66. The molecule has 0 unspecified atom stereocenters. The van der Waals surface area contributed by atoms with Gasteiger partial charge in [-0.2, -0.15) is 5.26 Å². The highest BCUT2D eigenvalue weighted by molar-refractivity contribution is 6.07. The Hall–Kier alpha value is -4.77. The molecular formula is C28H26N6O2. The summed E-state index contributed by atoms with van der Waals surface area (Å²) in [5, 5.41) is 12.8. The summed E-state index contributed by atoms with van der Waals surface area (Å²) in [5.74, 6) is 0.460. The van der Waals surface area contributed by atoms with Crippen LogP contribution in [0.4, 0.5) is 22.9 Å². The molecule has 4 aromatic rings. The number of benzene rings is 2. The number of hydrogen-bond acceptors (Lipinski definition) is 6. The van der Waals surface area contributed by atoms with E-state index in [1.165, 1.54) is 0 Å². The smallest absolute Gasteiger partial charge is 0.218 e. The van der Waals surface area contributed by atoms with Gasteiger partial charge < -0.3 is 10.2 Å². The molecule has 0 saturated heterocycles. The molecule has 2 aromatic carbocycles. The van der Waals surface area contributed by atoms with E-state index in [1.807, 2.05) is 81.4 Å². The van der Waals surface area contributed by atoms with Gasteiger partial charge in [0.05, 0.1) is 34.6 Å². The molecule has 2 amide bonds. The average molecular weight is 479 g/mol. The number of nitrogens with zero attached hydrogens (tertiary/aromatic N) is 5. The molecule has 8 heteroatoms. The second kappa shape index (κ2) is 9.84. The molecule has 0 spiro atoms. The highest BCUT2D eigenvalue weighted by Crippen LogP contribution is 2.40. The Balaban J connectivity index is 1.87. The Labute approximate surface area is 209 Å². The number of carbonyl (C=O) groups excluding carboxylic acids is 2. The number of fused-ring (bicyclic) bond motifs is 1. The van der Waals surface area contributed by atoms with Crippen LogP contribution in [-0.2, 0) is 15.0 Å². The molecule has 2 aromatic heterocycles. The van der Waals surface area contributed by atoms with Gasteiger partial charge in [-0.25, -0.2) is 4.98 Å². The Morgan fingerprint density at radius 2 is 1.67 bits per heavy atom. The lowest BCUT2D eigenvalue weighted by Gasteiger charge is -2.26. The zero-order valence-electron chi connectivity index (χ0n) is 20.6. The summed E-state index contributed by atoms with van der Waals surface area (Å²) in [5.41, 5.74) is 4.86. The zero-order valence-corrected chi connectivity index (χ0v) is 20.6. The van der Waals surface area contributed by atoms with Gasteiger partial charge >= 0.3 is 0 Å². The lowest BCUT2D eigenvalue weighted by molar-refractivity contribution is -0.107. The number of amides is 2. The van der Waals surface area contributed by atoms with Crippen molar-refractivity contribution in [1.29, 1.82) is 5.26 Å². The number of nitriles is 1. The van der Waals surface area contributed by atoms with E-state index in [4.69, 9.17) is 0 Å². The third-order valence-corrected chi connectivity index (χ3v) is 6.10. The van der Waals surface area contributed by atoms with Crippen LogP contribution in [-0.4, -0.2) is 36.9 Å². The van der Waals surface area contributed by atoms with Crippen LogP contribution in [0, 0.1) is 11.3 Å². The molecule has 0 bridgehead atoms. The maximum Gasteiger partial charge on any atom is 0.218 e. The fourth-order valence-electron chi connectivity index (χ4n) is 3.98. The van der Waals surface area contributed by atoms with Crippen LogP contribution in [0.25, 0.3) is 22.0 Å². The van der Waals surface area contributed by atoms with Crippen LogP contribution >= 0.6 is 0 Å². The minimum Gasteiger partial charge on any atom is -0.375 e. The number of hydrogen-bond donors (Lipinski definition) is 1. The summed E-state index contributed by atoms with van der Waals surface area (Å²) < 4.78 is 0. The Morgan fingerprint density at radius 1 is 0.944 bits per heavy atom. The van der Waals surface area contributed by atoms with E-state index in [0.717, 1.165) is 39.7 Å². The van der Waals surface area contributed by atoms with Gasteiger partial charge in [-0.3, -0.25) is 19.5 Å². The van der Waals surface area contributed by atoms with Crippen molar-refractivity contribution in [1.82, 2.24) is 9.97 Å².